The van der Waals surface area contributed by atoms with Crippen molar-refractivity contribution in [2.75, 3.05) is 19.4 Å². The van der Waals surface area contributed by atoms with Gasteiger partial charge in [-0.3, -0.25) is 4.79 Å². The first kappa shape index (κ1) is 19.3. The first-order valence-electron chi connectivity index (χ1n) is 8.29. The van der Waals surface area contributed by atoms with Crippen LogP contribution in [0.25, 0.3) is 6.08 Å². The molecule has 1 amide bonds. The van der Waals surface area contributed by atoms with Crippen LogP contribution in [-0.4, -0.2) is 37.9 Å². The Labute approximate surface area is 149 Å². The smallest absolute Gasteiger partial charge is 0.492 e. The van der Waals surface area contributed by atoms with Gasteiger partial charge in [0.05, 0.1) is 18.3 Å². The van der Waals surface area contributed by atoms with E-state index < -0.39 is 18.3 Å². The SMILES string of the molecule is COc1cc(N)cc(C=C(CNC(C)=O)B2OC(C)(C)C(C)(C)O2)c1. The molecule has 0 aromatic heterocycles. The van der Waals surface area contributed by atoms with Crippen molar-refractivity contribution in [2.24, 2.45) is 0 Å². The molecule has 136 valence electrons. The third-order valence-corrected chi connectivity index (χ3v) is 4.64. The molecule has 0 atom stereocenters. The molecule has 3 N–H and O–H groups in total. The molecule has 6 nitrogen and oxygen atoms in total. The van der Waals surface area contributed by atoms with Gasteiger partial charge in [-0.25, -0.2) is 0 Å². The molecule has 0 bridgehead atoms. The van der Waals surface area contributed by atoms with Crippen molar-refractivity contribution in [1.82, 2.24) is 5.32 Å². The average Bonchev–Trinajstić information content (AvgIpc) is 2.70. The van der Waals surface area contributed by atoms with Gasteiger partial charge in [0, 0.05) is 25.2 Å². The average molecular weight is 346 g/mol. The van der Waals surface area contributed by atoms with Crippen LogP contribution < -0.4 is 15.8 Å². The second-order valence-corrected chi connectivity index (χ2v) is 7.26. The number of amides is 1. The van der Waals surface area contributed by atoms with E-state index in [0.717, 1.165) is 11.0 Å². The second-order valence-electron chi connectivity index (χ2n) is 7.26. The van der Waals surface area contributed by atoms with Crippen LogP contribution in [0.5, 0.6) is 5.75 Å². The summed E-state index contributed by atoms with van der Waals surface area (Å²) < 4.78 is 17.5. The summed E-state index contributed by atoms with van der Waals surface area (Å²) in [4.78, 5) is 11.4. The number of nitrogens with one attached hydrogen (secondary N) is 1. The standard InChI is InChI=1S/C18H27BN2O4/c1-12(22)21-11-14(19-24-17(2,3)18(4,5)25-19)7-13-8-15(20)10-16(9-13)23-6/h7-10H,11,20H2,1-6H3,(H,21,22). The highest BCUT2D eigenvalue weighted by Gasteiger charge is 2.52. The maximum Gasteiger partial charge on any atom is 0.492 e. The third-order valence-electron chi connectivity index (χ3n) is 4.64. The molecule has 0 unspecified atom stereocenters. The number of ether oxygens (including phenoxy) is 1. The molecule has 7 heteroatoms. The Bertz CT molecular complexity index is 670. The normalized spacial score (nSPS) is 19.0. The maximum atomic E-state index is 11.4. The molecule has 0 spiro atoms. The number of methoxy groups -OCH3 is 1. The van der Waals surface area contributed by atoms with Crippen molar-refractivity contribution in [2.45, 2.75) is 45.8 Å². The fourth-order valence-corrected chi connectivity index (χ4v) is 2.48. The molecule has 0 aliphatic carbocycles. The minimum atomic E-state index is -0.552. The van der Waals surface area contributed by atoms with E-state index in [0.29, 0.717) is 18.0 Å². The monoisotopic (exact) mass is 346 g/mol. The largest absolute Gasteiger partial charge is 0.497 e. The van der Waals surface area contributed by atoms with Crippen LogP contribution >= 0.6 is 0 Å². The van der Waals surface area contributed by atoms with E-state index in [1.54, 1.807) is 13.2 Å². The van der Waals surface area contributed by atoms with Crippen LogP contribution in [-0.2, 0) is 14.1 Å². The van der Waals surface area contributed by atoms with Gasteiger partial charge in [0.25, 0.3) is 0 Å². The second kappa shape index (κ2) is 7.10. The molecular weight excluding hydrogens is 319 g/mol. The van der Waals surface area contributed by atoms with Gasteiger partial charge in [0.1, 0.15) is 5.75 Å². The van der Waals surface area contributed by atoms with Crippen LogP contribution in [0.15, 0.2) is 23.7 Å². The number of hydrogen-bond donors (Lipinski definition) is 2. The molecule has 0 saturated carbocycles. The number of nitrogen functional groups attached to an aromatic ring is 1. The fraction of sp³-hybridized carbons (Fsp3) is 0.500. The van der Waals surface area contributed by atoms with E-state index in [-0.39, 0.29) is 5.91 Å². The summed E-state index contributed by atoms with van der Waals surface area (Å²) in [6.07, 6.45) is 1.91. The van der Waals surface area contributed by atoms with Crippen LogP contribution in [0.3, 0.4) is 0 Å². The van der Waals surface area contributed by atoms with Gasteiger partial charge in [-0.1, -0.05) is 6.08 Å². The first-order chi connectivity index (χ1) is 11.5. The Kier molecular flexibility index (Phi) is 5.49. The molecule has 0 radical (unpaired) electrons. The van der Waals surface area contributed by atoms with Crippen molar-refractivity contribution < 1.29 is 18.8 Å². The molecule has 1 heterocycles. The Balaban J connectivity index is 2.36. The van der Waals surface area contributed by atoms with Crippen LogP contribution in [0, 0.1) is 0 Å². The van der Waals surface area contributed by atoms with Crippen molar-refractivity contribution in [3.8, 4) is 5.75 Å². The van der Waals surface area contributed by atoms with Gasteiger partial charge < -0.3 is 25.1 Å². The van der Waals surface area contributed by atoms with Crippen molar-refractivity contribution in [3.05, 3.63) is 29.2 Å². The van der Waals surface area contributed by atoms with Gasteiger partial charge >= 0.3 is 7.12 Å². The summed E-state index contributed by atoms with van der Waals surface area (Å²) in [5.74, 6) is 0.548. The Morgan fingerprint density at radius 1 is 1.24 bits per heavy atom. The van der Waals surface area contributed by atoms with E-state index in [9.17, 15) is 4.79 Å². The van der Waals surface area contributed by atoms with Crippen molar-refractivity contribution in [1.29, 1.82) is 0 Å². The molecular formula is C18H27BN2O4. The zero-order valence-corrected chi connectivity index (χ0v) is 15.8. The highest BCUT2D eigenvalue weighted by molar-refractivity contribution is 6.56. The van der Waals surface area contributed by atoms with E-state index in [2.05, 4.69) is 5.32 Å². The lowest BCUT2D eigenvalue weighted by Crippen LogP contribution is -2.41. The Hall–Kier alpha value is -1.99. The molecule has 1 saturated heterocycles. The molecule has 25 heavy (non-hydrogen) atoms. The van der Waals surface area contributed by atoms with Gasteiger partial charge in [0.2, 0.25) is 5.91 Å². The van der Waals surface area contributed by atoms with E-state index in [4.69, 9.17) is 19.8 Å². The number of benzene rings is 1. The Morgan fingerprint density at radius 2 is 1.84 bits per heavy atom. The van der Waals surface area contributed by atoms with Gasteiger partial charge in [0.15, 0.2) is 0 Å². The summed E-state index contributed by atoms with van der Waals surface area (Å²) >= 11 is 0. The van der Waals surface area contributed by atoms with Gasteiger partial charge in [-0.05, 0) is 50.9 Å². The summed E-state index contributed by atoms with van der Waals surface area (Å²) in [5, 5.41) is 2.81. The lowest BCUT2D eigenvalue weighted by atomic mass is 9.77. The predicted octanol–water partition coefficient (Wildman–Crippen LogP) is 2.43. The summed E-state index contributed by atoms with van der Waals surface area (Å²) in [7, 11) is 1.04. The molecule has 1 fully saturated rings. The minimum Gasteiger partial charge on any atom is -0.497 e. The number of carbonyl (C=O) groups is 1. The van der Waals surface area contributed by atoms with Crippen LogP contribution in [0.1, 0.15) is 40.2 Å². The van der Waals surface area contributed by atoms with Gasteiger partial charge in [-0.15, -0.1) is 0 Å². The van der Waals surface area contributed by atoms with E-state index >= 15 is 0 Å². The molecule has 1 aliphatic heterocycles. The minimum absolute atomic E-state index is 0.118. The highest BCUT2D eigenvalue weighted by atomic mass is 16.7. The van der Waals surface area contributed by atoms with E-state index in [1.165, 1.54) is 6.92 Å². The Morgan fingerprint density at radius 3 is 2.36 bits per heavy atom. The lowest BCUT2D eigenvalue weighted by molar-refractivity contribution is -0.118. The number of nitrogens with two attached hydrogens (primary N) is 1. The first-order valence-corrected chi connectivity index (χ1v) is 8.29. The topological polar surface area (TPSA) is 82.8 Å². The number of rotatable bonds is 5. The zero-order chi connectivity index (χ0) is 18.8. The maximum absolute atomic E-state index is 11.4. The molecule has 1 aromatic carbocycles. The number of hydrogen-bond acceptors (Lipinski definition) is 5. The summed E-state index contributed by atoms with van der Waals surface area (Å²) in [5.41, 5.74) is 7.27. The number of carbonyl (C=O) groups excluding carboxylic acids is 1. The predicted molar refractivity (Wildman–Crippen MR) is 100 cm³/mol. The summed E-state index contributed by atoms with van der Waals surface area (Å²) in [6, 6.07) is 5.45. The van der Waals surface area contributed by atoms with Gasteiger partial charge in [-0.2, -0.15) is 0 Å². The highest BCUT2D eigenvalue weighted by Crippen LogP contribution is 2.38. The zero-order valence-electron chi connectivity index (χ0n) is 15.8. The fourth-order valence-electron chi connectivity index (χ4n) is 2.48. The van der Waals surface area contributed by atoms with Crippen LogP contribution in [0.2, 0.25) is 0 Å². The lowest BCUT2D eigenvalue weighted by Gasteiger charge is -2.32. The quantitative estimate of drug-likeness (QED) is 0.632. The third kappa shape index (κ3) is 4.55. The molecule has 2 rings (SSSR count). The molecule has 1 aliphatic rings. The van der Waals surface area contributed by atoms with Crippen molar-refractivity contribution in [3.63, 3.8) is 0 Å². The summed E-state index contributed by atoms with van der Waals surface area (Å²) in [6.45, 7) is 9.77. The number of anilines is 1. The molecule has 1 aromatic rings. The van der Waals surface area contributed by atoms with Crippen LogP contribution in [0.4, 0.5) is 5.69 Å². The van der Waals surface area contributed by atoms with E-state index in [1.807, 2.05) is 45.9 Å². The van der Waals surface area contributed by atoms with Crippen molar-refractivity contribution >= 4 is 24.8 Å².